The number of hydrogen-bond acceptors (Lipinski definition) is 5. The molecular weight excluding hydrogens is 300 g/mol. The van der Waals surface area contributed by atoms with Crippen LogP contribution in [-0.2, 0) is 14.3 Å². The van der Waals surface area contributed by atoms with E-state index in [-0.39, 0.29) is 24.8 Å². The Kier molecular flexibility index (Phi) is 8.60. The quantitative estimate of drug-likeness (QED) is 0.449. The van der Waals surface area contributed by atoms with E-state index in [2.05, 4.69) is 10.9 Å². The minimum Gasteiger partial charge on any atom is -0.444 e. The number of amides is 3. The van der Waals surface area contributed by atoms with E-state index in [1.54, 1.807) is 20.8 Å². The summed E-state index contributed by atoms with van der Waals surface area (Å²) in [4.78, 5) is 36.4. The summed E-state index contributed by atoms with van der Waals surface area (Å²) in [5.41, 5.74) is 9.51. The molecule has 0 bridgehead atoms. The first-order chi connectivity index (χ1) is 10.4. The van der Waals surface area contributed by atoms with Crippen LogP contribution in [0.2, 0.25) is 0 Å². The lowest BCUT2D eigenvalue weighted by atomic mass is 10.0. The van der Waals surface area contributed by atoms with Gasteiger partial charge in [-0.15, -0.1) is 0 Å². The molecule has 0 spiro atoms. The van der Waals surface area contributed by atoms with Gasteiger partial charge in [-0.3, -0.25) is 19.9 Å². The molecule has 4 N–H and O–H groups in total. The van der Waals surface area contributed by atoms with Gasteiger partial charge in [0.2, 0.25) is 5.91 Å². The molecule has 0 fully saturated rings. The Bertz CT molecular complexity index is 418. The van der Waals surface area contributed by atoms with Crippen LogP contribution in [-0.4, -0.2) is 48.0 Å². The van der Waals surface area contributed by atoms with Gasteiger partial charge in [-0.1, -0.05) is 13.8 Å². The fourth-order valence-corrected chi connectivity index (χ4v) is 1.77. The van der Waals surface area contributed by atoms with E-state index in [1.165, 1.54) is 11.9 Å². The van der Waals surface area contributed by atoms with E-state index in [0.29, 0.717) is 6.42 Å². The number of hydrogen-bond donors (Lipinski definition) is 3. The van der Waals surface area contributed by atoms with Crippen molar-refractivity contribution in [3.63, 3.8) is 0 Å². The van der Waals surface area contributed by atoms with Crippen LogP contribution in [0.4, 0.5) is 4.79 Å². The molecule has 0 aliphatic carbocycles. The molecular formula is C15H30N4O4. The van der Waals surface area contributed by atoms with Crippen LogP contribution in [0.5, 0.6) is 0 Å². The van der Waals surface area contributed by atoms with Crippen LogP contribution in [0.25, 0.3) is 0 Å². The standard InChI is InChI=1S/C15H30N4O4/c1-10(2)9-11(13(21)18-17-8-7-12(16)20)19(6)14(22)23-15(3,4)5/h10-11,17H,7-9H2,1-6H3,(H2,16,20)(H,18,21)/t11-/m0/s1. The second-order valence-corrected chi connectivity index (χ2v) is 6.87. The lowest BCUT2D eigenvalue weighted by molar-refractivity contribution is -0.128. The van der Waals surface area contributed by atoms with E-state index in [9.17, 15) is 14.4 Å². The predicted octanol–water partition coefficient (Wildman–Crippen LogP) is 0.764. The molecule has 134 valence electrons. The summed E-state index contributed by atoms with van der Waals surface area (Å²) >= 11 is 0. The molecule has 8 nitrogen and oxygen atoms in total. The third kappa shape index (κ3) is 9.72. The number of carbonyl (C=O) groups excluding carboxylic acids is 3. The van der Waals surface area contributed by atoms with Crippen LogP contribution in [0.15, 0.2) is 0 Å². The van der Waals surface area contributed by atoms with Crippen LogP contribution < -0.4 is 16.6 Å². The van der Waals surface area contributed by atoms with E-state index in [0.717, 1.165) is 0 Å². The third-order valence-electron chi connectivity index (χ3n) is 2.85. The molecule has 0 saturated carbocycles. The summed E-state index contributed by atoms with van der Waals surface area (Å²) in [7, 11) is 1.53. The Hall–Kier alpha value is -1.83. The van der Waals surface area contributed by atoms with Crippen LogP contribution in [0.3, 0.4) is 0 Å². The maximum absolute atomic E-state index is 12.3. The van der Waals surface area contributed by atoms with Gasteiger partial charge in [0.05, 0.1) is 0 Å². The summed E-state index contributed by atoms with van der Waals surface area (Å²) in [5, 5.41) is 0. The molecule has 0 aromatic carbocycles. The van der Waals surface area contributed by atoms with Crippen LogP contribution >= 0.6 is 0 Å². The van der Waals surface area contributed by atoms with E-state index in [1.807, 2.05) is 13.8 Å². The molecule has 0 aliphatic heterocycles. The van der Waals surface area contributed by atoms with Gasteiger partial charge in [0, 0.05) is 20.0 Å². The van der Waals surface area contributed by atoms with Gasteiger partial charge in [0.15, 0.2) is 0 Å². The number of hydrazine groups is 1. The first-order valence-electron chi connectivity index (χ1n) is 7.71. The van der Waals surface area contributed by atoms with Crippen molar-refractivity contribution in [3.05, 3.63) is 0 Å². The Morgan fingerprint density at radius 2 is 1.78 bits per heavy atom. The molecule has 0 heterocycles. The van der Waals surface area contributed by atoms with Crippen molar-refractivity contribution in [1.29, 1.82) is 0 Å². The topological polar surface area (TPSA) is 114 Å². The average Bonchev–Trinajstić information content (AvgIpc) is 2.37. The minimum atomic E-state index is -0.675. The molecule has 0 aliphatic rings. The Labute approximate surface area is 138 Å². The van der Waals surface area contributed by atoms with Gasteiger partial charge < -0.3 is 10.5 Å². The molecule has 0 aromatic rings. The van der Waals surface area contributed by atoms with Crippen LogP contribution in [0, 0.1) is 5.92 Å². The highest BCUT2D eigenvalue weighted by Gasteiger charge is 2.30. The molecule has 1 atom stereocenters. The van der Waals surface area contributed by atoms with Crippen LogP contribution in [0.1, 0.15) is 47.5 Å². The highest BCUT2D eigenvalue weighted by atomic mass is 16.6. The van der Waals surface area contributed by atoms with Crippen molar-refractivity contribution in [2.24, 2.45) is 11.7 Å². The number of primary amides is 1. The number of likely N-dealkylation sites (N-methyl/N-ethyl adjacent to an activating group) is 1. The number of ether oxygens (including phenoxy) is 1. The van der Waals surface area contributed by atoms with Gasteiger partial charge in [0.25, 0.3) is 5.91 Å². The third-order valence-corrected chi connectivity index (χ3v) is 2.85. The monoisotopic (exact) mass is 330 g/mol. The van der Waals surface area contributed by atoms with Gasteiger partial charge in [-0.2, -0.15) is 0 Å². The fourth-order valence-electron chi connectivity index (χ4n) is 1.77. The Morgan fingerprint density at radius 1 is 1.22 bits per heavy atom. The Morgan fingerprint density at radius 3 is 2.22 bits per heavy atom. The summed E-state index contributed by atoms with van der Waals surface area (Å²) < 4.78 is 5.29. The molecule has 0 saturated heterocycles. The smallest absolute Gasteiger partial charge is 0.410 e. The van der Waals surface area contributed by atoms with Gasteiger partial charge in [0.1, 0.15) is 11.6 Å². The number of rotatable bonds is 8. The van der Waals surface area contributed by atoms with E-state index < -0.39 is 23.6 Å². The van der Waals surface area contributed by atoms with Crippen molar-refractivity contribution < 1.29 is 19.1 Å². The van der Waals surface area contributed by atoms with Crippen molar-refractivity contribution in [2.45, 2.75) is 59.1 Å². The van der Waals surface area contributed by atoms with E-state index >= 15 is 0 Å². The zero-order valence-corrected chi connectivity index (χ0v) is 14.9. The Balaban J connectivity index is 4.74. The number of nitrogens with one attached hydrogen (secondary N) is 2. The average molecular weight is 330 g/mol. The van der Waals surface area contributed by atoms with Crippen molar-refractivity contribution in [3.8, 4) is 0 Å². The fraction of sp³-hybridized carbons (Fsp3) is 0.800. The zero-order chi connectivity index (χ0) is 18.2. The highest BCUT2D eigenvalue weighted by Crippen LogP contribution is 2.15. The maximum atomic E-state index is 12.3. The summed E-state index contributed by atoms with van der Waals surface area (Å²) in [6.45, 7) is 9.45. The molecule has 0 rings (SSSR count). The lowest BCUT2D eigenvalue weighted by Crippen LogP contribution is -2.53. The van der Waals surface area contributed by atoms with Crippen molar-refractivity contribution >= 4 is 17.9 Å². The summed E-state index contributed by atoms with van der Waals surface area (Å²) in [5.74, 6) is -0.617. The predicted molar refractivity (Wildman–Crippen MR) is 87.2 cm³/mol. The summed E-state index contributed by atoms with van der Waals surface area (Å²) in [6.07, 6.45) is 0.0336. The number of nitrogens with two attached hydrogens (primary N) is 1. The first-order valence-corrected chi connectivity index (χ1v) is 7.71. The van der Waals surface area contributed by atoms with Gasteiger partial charge >= 0.3 is 6.09 Å². The molecule has 0 unspecified atom stereocenters. The SMILES string of the molecule is CC(C)C[C@@H](C(=O)NNCCC(N)=O)N(C)C(=O)OC(C)(C)C. The largest absolute Gasteiger partial charge is 0.444 e. The van der Waals surface area contributed by atoms with Gasteiger partial charge in [-0.25, -0.2) is 10.2 Å². The number of carbonyl (C=O) groups is 3. The summed E-state index contributed by atoms with van der Waals surface area (Å²) in [6, 6.07) is -0.675. The molecule has 0 radical (unpaired) electrons. The molecule has 23 heavy (non-hydrogen) atoms. The maximum Gasteiger partial charge on any atom is 0.410 e. The highest BCUT2D eigenvalue weighted by molar-refractivity contribution is 5.85. The molecule has 3 amide bonds. The second-order valence-electron chi connectivity index (χ2n) is 6.87. The minimum absolute atomic E-state index is 0.108. The van der Waals surface area contributed by atoms with Gasteiger partial charge in [-0.05, 0) is 33.1 Å². The second kappa shape index (κ2) is 9.34. The first kappa shape index (κ1) is 21.2. The molecule has 0 aromatic heterocycles. The van der Waals surface area contributed by atoms with Crippen molar-refractivity contribution in [1.82, 2.24) is 15.8 Å². The number of nitrogens with zero attached hydrogens (tertiary/aromatic N) is 1. The zero-order valence-electron chi connectivity index (χ0n) is 14.9. The van der Waals surface area contributed by atoms with E-state index in [4.69, 9.17) is 10.5 Å². The lowest BCUT2D eigenvalue weighted by Gasteiger charge is -2.30. The van der Waals surface area contributed by atoms with Crippen molar-refractivity contribution in [2.75, 3.05) is 13.6 Å². The molecule has 8 heteroatoms. The normalized spacial score (nSPS) is 12.7.